The van der Waals surface area contributed by atoms with E-state index in [0.717, 1.165) is 31.6 Å². The van der Waals surface area contributed by atoms with Crippen LogP contribution in [0.4, 0.5) is 0 Å². The zero-order chi connectivity index (χ0) is 17.8. The van der Waals surface area contributed by atoms with E-state index in [0.29, 0.717) is 23.4 Å². The summed E-state index contributed by atoms with van der Waals surface area (Å²) in [6.45, 7) is 2.33. The average molecular weight is 356 g/mol. The lowest BCUT2D eigenvalue weighted by Crippen LogP contribution is -2.32. The van der Waals surface area contributed by atoms with Gasteiger partial charge >= 0.3 is 0 Å². The van der Waals surface area contributed by atoms with Gasteiger partial charge in [0.25, 0.3) is 5.89 Å². The first-order valence-corrected chi connectivity index (χ1v) is 8.65. The van der Waals surface area contributed by atoms with Crippen LogP contribution >= 0.6 is 0 Å². The van der Waals surface area contributed by atoms with Gasteiger partial charge in [0.1, 0.15) is 6.54 Å². The lowest BCUT2D eigenvalue weighted by molar-refractivity contribution is -0.122. The van der Waals surface area contributed by atoms with E-state index < -0.39 is 0 Å². The Morgan fingerprint density at radius 2 is 2.38 bits per heavy atom. The molecule has 3 aromatic heterocycles. The van der Waals surface area contributed by atoms with Crippen LogP contribution in [0.25, 0.3) is 11.7 Å². The summed E-state index contributed by atoms with van der Waals surface area (Å²) in [6.07, 6.45) is 5.52. The van der Waals surface area contributed by atoms with Gasteiger partial charge in [0, 0.05) is 24.4 Å². The highest BCUT2D eigenvalue weighted by molar-refractivity contribution is 5.75. The van der Waals surface area contributed by atoms with E-state index in [4.69, 9.17) is 8.94 Å². The Kier molecular flexibility index (Phi) is 4.78. The predicted molar refractivity (Wildman–Crippen MR) is 90.9 cm³/mol. The number of rotatable bonds is 6. The lowest BCUT2D eigenvalue weighted by Gasteiger charge is -2.23. The number of carbonyl (C=O) groups excluding carboxylic acids is 1. The van der Waals surface area contributed by atoms with Gasteiger partial charge in [0.05, 0.1) is 12.8 Å². The smallest absolute Gasteiger partial charge is 0.293 e. The molecule has 2 N–H and O–H groups in total. The molecule has 0 radical (unpaired) electrons. The summed E-state index contributed by atoms with van der Waals surface area (Å²) in [5, 5.41) is 14.3. The molecular weight excluding hydrogens is 336 g/mol. The minimum absolute atomic E-state index is 0.150. The van der Waals surface area contributed by atoms with Gasteiger partial charge in [0.15, 0.2) is 11.6 Å². The van der Waals surface area contributed by atoms with Gasteiger partial charge in [-0.3, -0.25) is 9.48 Å². The number of furan rings is 1. The first-order chi connectivity index (χ1) is 12.8. The Hall–Kier alpha value is -2.94. The normalized spacial score (nSPS) is 17.3. The van der Waals surface area contributed by atoms with Crippen molar-refractivity contribution in [3.63, 3.8) is 0 Å². The largest absolute Gasteiger partial charge is 0.459 e. The molecule has 4 heterocycles. The highest BCUT2D eigenvalue weighted by Crippen LogP contribution is 2.22. The highest BCUT2D eigenvalue weighted by Gasteiger charge is 2.20. The molecule has 0 aliphatic carbocycles. The Morgan fingerprint density at radius 3 is 3.19 bits per heavy atom. The molecule has 4 rings (SSSR count). The topological polar surface area (TPSA) is 111 Å². The van der Waals surface area contributed by atoms with Gasteiger partial charge in [-0.25, -0.2) is 0 Å². The van der Waals surface area contributed by atoms with Gasteiger partial charge in [-0.15, -0.1) is 0 Å². The highest BCUT2D eigenvalue weighted by atomic mass is 16.5. The summed E-state index contributed by atoms with van der Waals surface area (Å²) >= 11 is 0. The maximum absolute atomic E-state index is 12.3. The van der Waals surface area contributed by atoms with Crippen molar-refractivity contribution in [3.05, 3.63) is 42.2 Å². The van der Waals surface area contributed by atoms with Gasteiger partial charge in [0.2, 0.25) is 5.91 Å². The zero-order valence-corrected chi connectivity index (χ0v) is 14.2. The number of amides is 1. The second-order valence-electron chi connectivity index (χ2n) is 6.23. The van der Waals surface area contributed by atoms with E-state index >= 15 is 0 Å². The van der Waals surface area contributed by atoms with E-state index in [9.17, 15) is 4.79 Å². The number of aromatic nitrogens is 4. The Labute approximate surface area is 149 Å². The molecule has 26 heavy (non-hydrogen) atoms. The third-order valence-electron chi connectivity index (χ3n) is 4.40. The van der Waals surface area contributed by atoms with Crippen LogP contribution in [0.2, 0.25) is 0 Å². The summed E-state index contributed by atoms with van der Waals surface area (Å²) in [5.41, 5.74) is 1.09. The molecule has 9 heteroatoms. The molecule has 1 aliphatic heterocycles. The Balaban J connectivity index is 1.33. The van der Waals surface area contributed by atoms with Crippen LogP contribution in [0.15, 0.2) is 39.6 Å². The maximum atomic E-state index is 12.3. The molecule has 1 atom stereocenters. The van der Waals surface area contributed by atoms with Crippen molar-refractivity contribution in [2.24, 2.45) is 0 Å². The van der Waals surface area contributed by atoms with Gasteiger partial charge in [-0.1, -0.05) is 5.16 Å². The van der Waals surface area contributed by atoms with E-state index in [2.05, 4.69) is 25.9 Å². The summed E-state index contributed by atoms with van der Waals surface area (Å²) in [7, 11) is 0. The monoisotopic (exact) mass is 356 g/mol. The van der Waals surface area contributed by atoms with Crippen molar-refractivity contribution < 1.29 is 13.7 Å². The molecule has 3 aromatic rings. The van der Waals surface area contributed by atoms with Crippen LogP contribution in [0.1, 0.15) is 30.3 Å². The fourth-order valence-electron chi connectivity index (χ4n) is 3.12. The first-order valence-electron chi connectivity index (χ1n) is 8.65. The molecule has 9 nitrogen and oxygen atoms in total. The molecular formula is C17H20N6O3. The number of carbonyl (C=O) groups is 1. The molecule has 1 saturated heterocycles. The molecule has 1 unspecified atom stereocenters. The second kappa shape index (κ2) is 7.52. The number of nitrogens with zero attached hydrogens (tertiary/aromatic N) is 4. The van der Waals surface area contributed by atoms with Crippen molar-refractivity contribution in [2.45, 2.75) is 31.8 Å². The molecule has 0 aromatic carbocycles. The molecule has 1 aliphatic rings. The number of piperidine rings is 1. The minimum Gasteiger partial charge on any atom is -0.459 e. The van der Waals surface area contributed by atoms with Gasteiger partial charge in [-0.2, -0.15) is 10.1 Å². The molecule has 1 fully saturated rings. The predicted octanol–water partition coefficient (Wildman–Crippen LogP) is 1.31. The molecule has 136 valence electrons. The molecule has 0 saturated carbocycles. The van der Waals surface area contributed by atoms with Gasteiger partial charge < -0.3 is 19.6 Å². The number of hydrogen-bond donors (Lipinski definition) is 2. The van der Waals surface area contributed by atoms with E-state index in [-0.39, 0.29) is 19.0 Å². The third kappa shape index (κ3) is 3.67. The standard InChI is InChI=1S/C17H20N6O3/c24-16(11-23-13(5-7-20-23)12-3-1-6-18-9-12)19-10-15-21-17(26-22-15)14-4-2-8-25-14/h2,4-5,7-8,12,18H,1,3,6,9-11H2,(H,19,24). The quantitative estimate of drug-likeness (QED) is 0.685. The average Bonchev–Trinajstić information content (AvgIpc) is 3.41. The third-order valence-corrected chi connectivity index (χ3v) is 4.40. The number of nitrogens with one attached hydrogen (secondary N) is 2. The van der Waals surface area contributed by atoms with E-state index in [1.165, 1.54) is 6.26 Å². The fraction of sp³-hybridized carbons (Fsp3) is 0.412. The van der Waals surface area contributed by atoms with Crippen LogP contribution in [0.5, 0.6) is 0 Å². The van der Waals surface area contributed by atoms with Crippen molar-refractivity contribution in [2.75, 3.05) is 13.1 Å². The van der Waals surface area contributed by atoms with Crippen molar-refractivity contribution in [1.82, 2.24) is 30.6 Å². The van der Waals surface area contributed by atoms with Crippen LogP contribution in [0.3, 0.4) is 0 Å². The van der Waals surface area contributed by atoms with E-state index in [1.807, 2.05) is 6.07 Å². The van der Waals surface area contributed by atoms with Crippen molar-refractivity contribution in [1.29, 1.82) is 0 Å². The van der Waals surface area contributed by atoms with Crippen LogP contribution in [0, 0.1) is 0 Å². The van der Waals surface area contributed by atoms with Crippen LogP contribution in [-0.2, 0) is 17.9 Å². The molecule has 0 bridgehead atoms. The van der Waals surface area contributed by atoms with Gasteiger partial charge in [-0.05, 0) is 37.6 Å². The number of hydrogen-bond acceptors (Lipinski definition) is 7. The maximum Gasteiger partial charge on any atom is 0.293 e. The van der Waals surface area contributed by atoms with Crippen molar-refractivity contribution >= 4 is 5.91 Å². The summed E-state index contributed by atoms with van der Waals surface area (Å²) in [4.78, 5) is 16.5. The molecule has 1 amide bonds. The zero-order valence-electron chi connectivity index (χ0n) is 14.2. The fourth-order valence-corrected chi connectivity index (χ4v) is 3.12. The second-order valence-corrected chi connectivity index (χ2v) is 6.23. The van der Waals surface area contributed by atoms with Crippen molar-refractivity contribution in [3.8, 4) is 11.7 Å². The Bertz CT molecular complexity index is 848. The summed E-state index contributed by atoms with van der Waals surface area (Å²) < 4.78 is 12.1. The lowest BCUT2D eigenvalue weighted by atomic mass is 9.96. The van der Waals surface area contributed by atoms with Crippen LogP contribution in [-0.4, -0.2) is 38.9 Å². The first kappa shape index (κ1) is 16.5. The Morgan fingerprint density at radius 1 is 1.42 bits per heavy atom. The molecule has 0 spiro atoms. The SMILES string of the molecule is O=C(Cn1nccc1C1CCCNC1)NCc1noc(-c2ccco2)n1. The summed E-state index contributed by atoms with van der Waals surface area (Å²) in [5.74, 6) is 1.42. The minimum atomic E-state index is -0.150. The summed E-state index contributed by atoms with van der Waals surface area (Å²) in [6, 6.07) is 5.46. The van der Waals surface area contributed by atoms with E-state index in [1.54, 1.807) is 23.0 Å². The van der Waals surface area contributed by atoms with Crippen LogP contribution < -0.4 is 10.6 Å².